The van der Waals surface area contributed by atoms with Crippen LogP contribution < -0.4 is 0 Å². The van der Waals surface area contributed by atoms with E-state index in [1.807, 2.05) is 6.07 Å². The van der Waals surface area contributed by atoms with Crippen LogP contribution in [0.2, 0.25) is 18.1 Å². The minimum Gasteiger partial charge on any atom is -0.508 e. The molecule has 1 fully saturated rings. The Morgan fingerprint density at radius 3 is 2.54 bits per heavy atom. The van der Waals surface area contributed by atoms with Crippen molar-refractivity contribution >= 4 is 8.32 Å². The Bertz CT molecular complexity index is 652. The molecule has 1 aromatic rings. The Hall–Kier alpha value is -0.883. The quantitative estimate of drug-likeness (QED) is 0.702. The first-order chi connectivity index (χ1) is 12.0. The van der Waals surface area contributed by atoms with Gasteiger partial charge < -0.3 is 19.7 Å². The first kappa shape index (κ1) is 19.9. The fourth-order valence-electron chi connectivity index (χ4n) is 4.66. The summed E-state index contributed by atoms with van der Waals surface area (Å²) in [5.41, 5.74) is 2.23. The molecule has 0 spiro atoms. The average Bonchev–Trinajstić information content (AvgIpc) is 2.88. The van der Waals surface area contributed by atoms with E-state index in [1.54, 1.807) is 6.07 Å². The molecule has 5 heteroatoms. The molecule has 4 nitrogen and oxygen atoms in total. The van der Waals surface area contributed by atoms with Crippen LogP contribution in [0.4, 0.5) is 0 Å². The number of rotatable bonds is 4. The maximum absolute atomic E-state index is 10.6. The highest BCUT2D eigenvalue weighted by Crippen LogP contribution is 2.50. The van der Waals surface area contributed by atoms with Crippen molar-refractivity contribution in [3.8, 4) is 5.75 Å². The zero-order chi connectivity index (χ0) is 19.3. The third-order valence-electron chi connectivity index (χ3n) is 7.12. The topological polar surface area (TPSA) is 69.9 Å². The first-order valence-electron chi connectivity index (χ1n) is 9.81. The summed E-state index contributed by atoms with van der Waals surface area (Å²) in [6.45, 7) is 11.0. The monoisotopic (exact) mass is 378 g/mol. The van der Waals surface area contributed by atoms with Gasteiger partial charge in [0.25, 0.3) is 0 Å². The molecule has 5 atom stereocenters. The second-order valence-corrected chi connectivity index (χ2v) is 14.5. The van der Waals surface area contributed by atoms with E-state index in [1.165, 1.54) is 5.56 Å². The normalized spacial score (nSPS) is 30.0. The summed E-state index contributed by atoms with van der Waals surface area (Å²) >= 11 is 0. The lowest BCUT2D eigenvalue weighted by molar-refractivity contribution is -0.0154. The van der Waals surface area contributed by atoms with Crippen LogP contribution in [-0.2, 0) is 17.3 Å². The predicted octanol–water partition coefficient (Wildman–Crippen LogP) is 3.49. The molecule has 0 saturated heterocycles. The zero-order valence-electron chi connectivity index (χ0n) is 16.7. The van der Waals surface area contributed by atoms with E-state index in [0.717, 1.165) is 24.8 Å². The van der Waals surface area contributed by atoms with E-state index in [4.69, 9.17) is 4.43 Å². The molecule has 2 aliphatic rings. The number of phenols is 1. The molecule has 1 saturated carbocycles. The number of hydrogen-bond donors (Lipinski definition) is 3. The summed E-state index contributed by atoms with van der Waals surface area (Å²) in [7, 11) is -1.97. The number of aromatic hydroxyl groups is 1. The van der Waals surface area contributed by atoms with Gasteiger partial charge in [0.15, 0.2) is 8.32 Å². The molecular formula is C21H34O4Si. The number of aliphatic hydroxyl groups is 2. The molecule has 0 heterocycles. The third kappa shape index (κ3) is 3.47. The molecular weight excluding hydrogens is 344 g/mol. The largest absolute Gasteiger partial charge is 0.508 e. The summed E-state index contributed by atoms with van der Waals surface area (Å²) in [6.07, 6.45) is 1.79. The molecule has 3 N–H and O–H groups in total. The van der Waals surface area contributed by atoms with Crippen LogP contribution in [-0.4, -0.2) is 42.5 Å². The van der Waals surface area contributed by atoms with E-state index in [0.29, 0.717) is 17.6 Å². The summed E-state index contributed by atoms with van der Waals surface area (Å²) in [4.78, 5) is 0. The van der Waals surface area contributed by atoms with Crippen molar-refractivity contribution in [2.45, 2.75) is 70.4 Å². The Labute approximate surface area is 158 Å². The van der Waals surface area contributed by atoms with Crippen LogP contribution in [0.5, 0.6) is 5.75 Å². The van der Waals surface area contributed by atoms with Gasteiger partial charge >= 0.3 is 0 Å². The van der Waals surface area contributed by atoms with Crippen molar-refractivity contribution in [1.29, 1.82) is 0 Å². The minimum atomic E-state index is -1.97. The summed E-state index contributed by atoms with van der Waals surface area (Å²) in [5.74, 6) is 1.02. The number of aliphatic hydroxyl groups excluding tert-OH is 2. The van der Waals surface area contributed by atoms with Gasteiger partial charge in [0.05, 0.1) is 18.8 Å². The van der Waals surface area contributed by atoms with Gasteiger partial charge in [0, 0.05) is 5.92 Å². The van der Waals surface area contributed by atoms with Crippen LogP contribution in [0.3, 0.4) is 0 Å². The molecule has 0 amide bonds. The highest BCUT2D eigenvalue weighted by atomic mass is 28.4. The first-order valence-corrected chi connectivity index (χ1v) is 12.7. The maximum atomic E-state index is 10.6. The second-order valence-electron chi connectivity index (χ2n) is 9.73. The van der Waals surface area contributed by atoms with Crippen LogP contribution in [0.25, 0.3) is 0 Å². The van der Waals surface area contributed by atoms with Crippen LogP contribution in [0.1, 0.15) is 38.3 Å². The van der Waals surface area contributed by atoms with Gasteiger partial charge in [-0.05, 0) is 66.4 Å². The summed E-state index contributed by atoms with van der Waals surface area (Å²) < 4.78 is 6.73. The Kier molecular flexibility index (Phi) is 5.30. The van der Waals surface area contributed by atoms with Crippen LogP contribution in [0.15, 0.2) is 18.2 Å². The van der Waals surface area contributed by atoms with Crippen molar-refractivity contribution in [3.05, 3.63) is 29.3 Å². The average molecular weight is 379 g/mol. The Morgan fingerprint density at radius 1 is 1.23 bits per heavy atom. The van der Waals surface area contributed by atoms with Gasteiger partial charge in [-0.15, -0.1) is 0 Å². The van der Waals surface area contributed by atoms with Gasteiger partial charge in [0.2, 0.25) is 0 Å². The van der Waals surface area contributed by atoms with Crippen LogP contribution >= 0.6 is 0 Å². The Balaban J connectivity index is 1.89. The predicted molar refractivity (Wildman–Crippen MR) is 106 cm³/mol. The Morgan fingerprint density at radius 2 is 1.92 bits per heavy atom. The lowest BCUT2D eigenvalue weighted by Crippen LogP contribution is -2.47. The minimum absolute atomic E-state index is 0.0236. The highest BCUT2D eigenvalue weighted by Gasteiger charge is 2.51. The summed E-state index contributed by atoms with van der Waals surface area (Å²) in [5, 5.41) is 30.6. The van der Waals surface area contributed by atoms with Gasteiger partial charge in [-0.2, -0.15) is 0 Å². The molecule has 1 aromatic carbocycles. The molecule has 0 aliphatic heterocycles. The summed E-state index contributed by atoms with van der Waals surface area (Å²) in [6, 6.07) is 5.73. The molecule has 146 valence electrons. The SMILES string of the molecule is CC(C)(C)[Si](C)(C)O[C@@H]1C[C@@H]2Cc3c(O)cccc3C[C@@H]2[C@H]1C(O)CO. The van der Waals surface area contributed by atoms with E-state index >= 15 is 0 Å². The molecule has 26 heavy (non-hydrogen) atoms. The third-order valence-corrected chi connectivity index (χ3v) is 11.6. The van der Waals surface area contributed by atoms with Gasteiger partial charge in [-0.1, -0.05) is 32.9 Å². The van der Waals surface area contributed by atoms with Crippen LogP contribution in [0, 0.1) is 17.8 Å². The molecule has 2 aliphatic carbocycles. The van der Waals surface area contributed by atoms with E-state index in [2.05, 4.69) is 39.9 Å². The standard InChI is InChI=1S/C21H34O4Si/c1-21(2,3)26(4,5)25-19-11-14-10-15-13(7-6-8-17(15)23)9-16(14)20(19)18(24)12-22/h6-8,14,16,18-20,22-24H,9-12H2,1-5H3/t14-,16-,18?,19+,20-/m0/s1. The fraction of sp³-hybridized carbons (Fsp3) is 0.714. The van der Waals surface area contributed by atoms with Crippen molar-refractivity contribution in [2.24, 2.45) is 17.8 Å². The zero-order valence-corrected chi connectivity index (χ0v) is 17.7. The van der Waals surface area contributed by atoms with Crippen molar-refractivity contribution in [3.63, 3.8) is 0 Å². The highest BCUT2D eigenvalue weighted by molar-refractivity contribution is 6.74. The lowest BCUT2D eigenvalue weighted by atomic mass is 9.73. The van der Waals surface area contributed by atoms with Crippen molar-refractivity contribution < 1.29 is 19.7 Å². The van der Waals surface area contributed by atoms with E-state index in [9.17, 15) is 15.3 Å². The smallest absolute Gasteiger partial charge is 0.192 e. The fourth-order valence-corrected chi connectivity index (χ4v) is 6.02. The van der Waals surface area contributed by atoms with Gasteiger partial charge in [-0.3, -0.25) is 0 Å². The second kappa shape index (κ2) is 6.93. The molecule has 0 aromatic heterocycles. The maximum Gasteiger partial charge on any atom is 0.192 e. The molecule has 1 unspecified atom stereocenters. The molecule has 0 bridgehead atoms. The number of hydrogen-bond acceptors (Lipinski definition) is 4. The van der Waals surface area contributed by atoms with Crippen molar-refractivity contribution in [1.82, 2.24) is 0 Å². The van der Waals surface area contributed by atoms with E-state index < -0.39 is 14.4 Å². The van der Waals surface area contributed by atoms with Gasteiger partial charge in [-0.25, -0.2) is 0 Å². The molecule has 3 rings (SSSR count). The van der Waals surface area contributed by atoms with E-state index in [-0.39, 0.29) is 23.7 Å². The molecule has 0 radical (unpaired) electrons. The number of phenolic OH excluding ortho intramolecular Hbond substituents is 1. The van der Waals surface area contributed by atoms with Crippen molar-refractivity contribution in [2.75, 3.05) is 6.61 Å². The van der Waals surface area contributed by atoms with Gasteiger partial charge in [0.1, 0.15) is 5.75 Å². The number of benzene rings is 1. The number of fused-ring (bicyclic) bond motifs is 2. The lowest BCUT2D eigenvalue weighted by Gasteiger charge is -2.41.